The average molecular weight is 205 g/mol. The largest absolute Gasteiger partial charge is 0.340 e. The Labute approximate surface area is 87.6 Å². The summed E-state index contributed by atoms with van der Waals surface area (Å²) in [5.74, 6) is 0.753. The fourth-order valence-electron chi connectivity index (χ4n) is 1.15. The van der Waals surface area contributed by atoms with Crippen molar-refractivity contribution in [1.29, 1.82) is 0 Å². The third-order valence-electron chi connectivity index (χ3n) is 1.76. The molecule has 3 heteroatoms. The molecule has 0 bridgehead atoms. The maximum atomic E-state index is 5.76. The molecule has 0 aliphatic heterocycles. The SMILES string of the molecule is Clc1cccc(Nc2ccccc2)n1. The van der Waals surface area contributed by atoms with E-state index >= 15 is 0 Å². The summed E-state index contributed by atoms with van der Waals surface area (Å²) >= 11 is 5.76. The highest BCUT2D eigenvalue weighted by atomic mass is 35.5. The molecule has 0 spiro atoms. The van der Waals surface area contributed by atoms with E-state index in [1.54, 1.807) is 6.07 Å². The van der Waals surface area contributed by atoms with E-state index in [2.05, 4.69) is 10.3 Å². The molecule has 1 N–H and O–H groups in total. The Morgan fingerprint density at radius 1 is 0.929 bits per heavy atom. The van der Waals surface area contributed by atoms with Crippen LogP contribution in [0, 0.1) is 0 Å². The molecule has 0 aliphatic carbocycles. The van der Waals surface area contributed by atoms with Crippen molar-refractivity contribution >= 4 is 23.1 Å². The van der Waals surface area contributed by atoms with Gasteiger partial charge in [-0.15, -0.1) is 0 Å². The molecule has 1 heterocycles. The van der Waals surface area contributed by atoms with Gasteiger partial charge in [0.15, 0.2) is 0 Å². The molecule has 0 atom stereocenters. The van der Waals surface area contributed by atoms with Gasteiger partial charge in [-0.05, 0) is 24.3 Å². The molecule has 0 unspecified atom stereocenters. The Bertz CT molecular complexity index is 415. The number of hydrogen-bond acceptors (Lipinski definition) is 2. The van der Waals surface area contributed by atoms with E-state index < -0.39 is 0 Å². The summed E-state index contributed by atoms with van der Waals surface area (Å²) in [6.07, 6.45) is 0. The lowest BCUT2D eigenvalue weighted by atomic mass is 10.3. The first-order valence-corrected chi connectivity index (χ1v) is 4.67. The molecule has 14 heavy (non-hydrogen) atoms. The van der Waals surface area contributed by atoms with Gasteiger partial charge in [-0.3, -0.25) is 0 Å². The van der Waals surface area contributed by atoms with E-state index in [-0.39, 0.29) is 0 Å². The summed E-state index contributed by atoms with van der Waals surface area (Å²) in [4.78, 5) is 4.12. The average Bonchev–Trinajstić information content (AvgIpc) is 2.19. The van der Waals surface area contributed by atoms with Crippen LogP contribution in [-0.4, -0.2) is 4.98 Å². The third-order valence-corrected chi connectivity index (χ3v) is 1.97. The quantitative estimate of drug-likeness (QED) is 0.758. The second-order valence-corrected chi connectivity index (χ2v) is 3.22. The maximum absolute atomic E-state index is 5.76. The summed E-state index contributed by atoms with van der Waals surface area (Å²) in [5, 5.41) is 3.64. The lowest BCUT2D eigenvalue weighted by Crippen LogP contribution is -1.92. The van der Waals surface area contributed by atoms with Gasteiger partial charge in [0.25, 0.3) is 0 Å². The molecule has 0 fully saturated rings. The first-order chi connectivity index (χ1) is 6.84. The van der Waals surface area contributed by atoms with E-state index in [1.807, 2.05) is 42.5 Å². The molecule has 0 saturated heterocycles. The topological polar surface area (TPSA) is 24.9 Å². The molecule has 0 aliphatic rings. The zero-order valence-electron chi connectivity index (χ0n) is 7.44. The minimum atomic E-state index is 0.492. The molecule has 70 valence electrons. The van der Waals surface area contributed by atoms with Crippen molar-refractivity contribution in [2.75, 3.05) is 5.32 Å². The van der Waals surface area contributed by atoms with Gasteiger partial charge in [0.05, 0.1) is 0 Å². The number of pyridine rings is 1. The summed E-state index contributed by atoms with van der Waals surface area (Å²) in [7, 11) is 0. The molecular weight excluding hydrogens is 196 g/mol. The molecule has 0 amide bonds. The van der Waals surface area contributed by atoms with Crippen molar-refractivity contribution in [3.8, 4) is 0 Å². The Kier molecular flexibility index (Phi) is 2.65. The zero-order valence-corrected chi connectivity index (χ0v) is 8.20. The van der Waals surface area contributed by atoms with Crippen molar-refractivity contribution in [3.63, 3.8) is 0 Å². The van der Waals surface area contributed by atoms with Gasteiger partial charge in [-0.1, -0.05) is 35.9 Å². The van der Waals surface area contributed by atoms with E-state index in [0.29, 0.717) is 5.15 Å². The molecular formula is C11H9ClN2. The van der Waals surface area contributed by atoms with Crippen LogP contribution < -0.4 is 5.32 Å². The van der Waals surface area contributed by atoms with Crippen LogP contribution >= 0.6 is 11.6 Å². The highest BCUT2D eigenvalue weighted by Crippen LogP contribution is 2.15. The van der Waals surface area contributed by atoms with Crippen LogP contribution in [0.1, 0.15) is 0 Å². The number of hydrogen-bond donors (Lipinski definition) is 1. The lowest BCUT2D eigenvalue weighted by molar-refractivity contribution is 1.31. The zero-order chi connectivity index (χ0) is 9.80. The van der Waals surface area contributed by atoms with Crippen LogP contribution in [0.25, 0.3) is 0 Å². The molecule has 1 aromatic carbocycles. The first kappa shape index (κ1) is 9.03. The first-order valence-electron chi connectivity index (χ1n) is 4.29. The standard InChI is InChI=1S/C11H9ClN2/c12-10-7-4-8-11(14-10)13-9-5-2-1-3-6-9/h1-8H,(H,13,14). The molecule has 2 aromatic rings. The second kappa shape index (κ2) is 4.11. The summed E-state index contributed by atoms with van der Waals surface area (Å²) in [6.45, 7) is 0. The molecule has 1 aromatic heterocycles. The van der Waals surface area contributed by atoms with E-state index in [9.17, 15) is 0 Å². The van der Waals surface area contributed by atoms with Crippen LogP contribution in [0.15, 0.2) is 48.5 Å². The molecule has 0 radical (unpaired) electrons. The number of rotatable bonds is 2. The van der Waals surface area contributed by atoms with Gasteiger partial charge < -0.3 is 5.32 Å². The predicted octanol–water partition coefficient (Wildman–Crippen LogP) is 3.48. The van der Waals surface area contributed by atoms with E-state index in [0.717, 1.165) is 11.5 Å². The van der Waals surface area contributed by atoms with Crippen molar-refractivity contribution < 1.29 is 0 Å². The van der Waals surface area contributed by atoms with Crippen LogP contribution in [0.3, 0.4) is 0 Å². The third kappa shape index (κ3) is 2.24. The van der Waals surface area contributed by atoms with Crippen molar-refractivity contribution in [2.24, 2.45) is 0 Å². The Hall–Kier alpha value is -1.54. The van der Waals surface area contributed by atoms with Gasteiger partial charge in [-0.2, -0.15) is 0 Å². The monoisotopic (exact) mass is 204 g/mol. The van der Waals surface area contributed by atoms with Gasteiger partial charge in [0.2, 0.25) is 0 Å². The number of para-hydroxylation sites is 1. The summed E-state index contributed by atoms with van der Waals surface area (Å²) in [6, 6.07) is 15.3. The molecule has 0 saturated carbocycles. The smallest absolute Gasteiger partial charge is 0.132 e. The Balaban J connectivity index is 2.19. The normalized spacial score (nSPS) is 9.79. The Morgan fingerprint density at radius 3 is 2.43 bits per heavy atom. The highest BCUT2D eigenvalue weighted by molar-refractivity contribution is 6.29. The van der Waals surface area contributed by atoms with Crippen LogP contribution in [0.5, 0.6) is 0 Å². The van der Waals surface area contributed by atoms with Crippen molar-refractivity contribution in [2.45, 2.75) is 0 Å². The molecule has 2 rings (SSSR count). The maximum Gasteiger partial charge on any atom is 0.132 e. The number of anilines is 2. The number of halogens is 1. The lowest BCUT2D eigenvalue weighted by Gasteiger charge is -2.04. The number of benzene rings is 1. The van der Waals surface area contributed by atoms with Crippen molar-refractivity contribution in [3.05, 3.63) is 53.7 Å². The summed E-state index contributed by atoms with van der Waals surface area (Å²) < 4.78 is 0. The number of aromatic nitrogens is 1. The Morgan fingerprint density at radius 2 is 1.71 bits per heavy atom. The molecule has 2 nitrogen and oxygen atoms in total. The minimum absolute atomic E-state index is 0.492. The van der Waals surface area contributed by atoms with Crippen LogP contribution in [0.2, 0.25) is 5.15 Å². The van der Waals surface area contributed by atoms with Gasteiger partial charge in [0, 0.05) is 5.69 Å². The second-order valence-electron chi connectivity index (χ2n) is 2.84. The van der Waals surface area contributed by atoms with Gasteiger partial charge in [0.1, 0.15) is 11.0 Å². The van der Waals surface area contributed by atoms with Crippen LogP contribution in [0.4, 0.5) is 11.5 Å². The number of nitrogens with zero attached hydrogens (tertiary/aromatic N) is 1. The minimum Gasteiger partial charge on any atom is -0.340 e. The highest BCUT2D eigenvalue weighted by Gasteiger charge is 1.95. The summed E-state index contributed by atoms with van der Waals surface area (Å²) in [5.41, 5.74) is 1.00. The number of nitrogens with one attached hydrogen (secondary N) is 1. The van der Waals surface area contributed by atoms with Gasteiger partial charge >= 0.3 is 0 Å². The van der Waals surface area contributed by atoms with Gasteiger partial charge in [-0.25, -0.2) is 4.98 Å². The predicted molar refractivity (Wildman–Crippen MR) is 59.0 cm³/mol. The van der Waals surface area contributed by atoms with E-state index in [4.69, 9.17) is 11.6 Å². The van der Waals surface area contributed by atoms with Crippen molar-refractivity contribution in [1.82, 2.24) is 4.98 Å². The fraction of sp³-hybridized carbons (Fsp3) is 0. The van der Waals surface area contributed by atoms with Crippen LogP contribution in [-0.2, 0) is 0 Å². The van der Waals surface area contributed by atoms with E-state index in [1.165, 1.54) is 0 Å². The fourth-order valence-corrected chi connectivity index (χ4v) is 1.31.